The summed E-state index contributed by atoms with van der Waals surface area (Å²) in [5, 5.41) is 15.7. The third-order valence-electron chi connectivity index (χ3n) is 9.68. The Kier molecular flexibility index (Phi) is 10.8. The number of benzene rings is 1. The van der Waals surface area contributed by atoms with E-state index in [0.29, 0.717) is 36.0 Å². The van der Waals surface area contributed by atoms with Crippen LogP contribution in [-0.2, 0) is 18.9 Å². The first-order valence-corrected chi connectivity index (χ1v) is 15.7. The van der Waals surface area contributed by atoms with Crippen molar-refractivity contribution in [1.29, 1.82) is 0 Å². The molecule has 5 rings (SSSR count). The number of guanidine groups is 1. The Bertz CT molecular complexity index is 1310. The smallest absolute Gasteiger partial charge is 0.481 e. The molecule has 2 amide bonds. The van der Waals surface area contributed by atoms with Gasteiger partial charge in [0.15, 0.2) is 5.03 Å². The van der Waals surface area contributed by atoms with Gasteiger partial charge in [-0.1, -0.05) is 51.3 Å². The Morgan fingerprint density at radius 3 is 2.64 bits per heavy atom. The Labute approximate surface area is 265 Å². The van der Waals surface area contributed by atoms with Gasteiger partial charge in [-0.2, -0.15) is 0 Å². The van der Waals surface area contributed by atoms with E-state index in [1.165, 1.54) is 6.08 Å². The van der Waals surface area contributed by atoms with Gasteiger partial charge in [-0.3, -0.25) is 9.59 Å². The fourth-order valence-electron chi connectivity index (χ4n) is 7.18. The van der Waals surface area contributed by atoms with E-state index in [1.807, 2.05) is 18.2 Å². The Balaban J connectivity index is 1.47. The van der Waals surface area contributed by atoms with Gasteiger partial charge in [0.05, 0.1) is 24.8 Å². The van der Waals surface area contributed by atoms with Gasteiger partial charge >= 0.3 is 7.12 Å². The number of carbonyl (C=O) groups is 2. The lowest BCUT2D eigenvalue weighted by molar-refractivity contribution is -0.525. The normalized spacial score (nSPS) is 26.5. The van der Waals surface area contributed by atoms with Crippen molar-refractivity contribution in [2.24, 2.45) is 33.9 Å². The van der Waals surface area contributed by atoms with Crippen LogP contribution in [0, 0.1) is 33.3 Å². The van der Waals surface area contributed by atoms with Gasteiger partial charge < -0.3 is 30.4 Å². The molecule has 3 saturated carbocycles. The highest BCUT2D eigenvalue weighted by atomic mass is 16.7. The first kappa shape index (κ1) is 34.2. The number of hydrogen-bond donors (Lipinski definition) is 4. The third kappa shape index (κ3) is 7.96. The van der Waals surface area contributed by atoms with Crippen LogP contribution in [0.15, 0.2) is 35.3 Å². The van der Waals surface area contributed by atoms with Gasteiger partial charge in [0.1, 0.15) is 11.8 Å². The van der Waals surface area contributed by atoms with Gasteiger partial charge in [0, 0.05) is 18.2 Å². The van der Waals surface area contributed by atoms with Crippen LogP contribution in [0.3, 0.4) is 0 Å². The molecule has 1 aromatic carbocycles. The molecule has 5 N–H and O–H groups in total. The van der Waals surface area contributed by atoms with Crippen LogP contribution in [0.25, 0.3) is 6.08 Å². The summed E-state index contributed by atoms with van der Waals surface area (Å²) in [4.78, 5) is 41.4. The molecule has 4 aliphatic rings. The van der Waals surface area contributed by atoms with Gasteiger partial charge in [-0.05, 0) is 74.3 Å². The van der Waals surface area contributed by atoms with Crippen LogP contribution in [0.1, 0.15) is 72.3 Å². The summed E-state index contributed by atoms with van der Waals surface area (Å²) in [5.41, 5.74) is 7.79. The number of methoxy groups -OCH3 is 1. The van der Waals surface area contributed by atoms with Gasteiger partial charge in [0.25, 0.3) is 5.96 Å². The number of rotatable bonds is 14. The van der Waals surface area contributed by atoms with Crippen LogP contribution in [0.2, 0.25) is 0 Å². The molecule has 0 radical (unpaired) electrons. The number of hydrogen-bond acceptors (Lipinski definition) is 8. The van der Waals surface area contributed by atoms with Crippen molar-refractivity contribution in [2.45, 2.75) is 90.4 Å². The summed E-state index contributed by atoms with van der Waals surface area (Å²) < 4.78 is 18.6. The minimum atomic E-state index is -0.916. The van der Waals surface area contributed by atoms with Gasteiger partial charge in [0.2, 0.25) is 11.8 Å². The molecule has 2 bridgehead atoms. The van der Waals surface area contributed by atoms with E-state index in [2.05, 4.69) is 50.2 Å². The van der Waals surface area contributed by atoms with E-state index in [9.17, 15) is 19.7 Å². The Hall–Kier alpha value is -3.65. The molecule has 1 aliphatic heterocycles. The standard InChI is InChI=1S/C31H47BN6O7/c1-19(2)16-26(32-44-25-18-21-17-24(30(21,3)4)31(25,5)45-32)36-28(40)22(11-9-15-34-29(33)37-38(41)42)35-27(39)14-13-20-10-7-8-12-23(20)43-6/h7-8,10,12-14,19,21-22,24-26H,9,11,15-18H2,1-6H3,(H,35,39)(H,36,40)(H3,33,34,37)/b14-13+/t21-,22+,24-,25-,26+,31+/m1/s1. The number of nitrogens with two attached hydrogens (primary N) is 1. The second-order valence-corrected chi connectivity index (χ2v) is 13.5. The van der Waals surface area contributed by atoms with Crippen molar-refractivity contribution in [3.05, 3.63) is 46.0 Å². The highest BCUT2D eigenvalue weighted by Crippen LogP contribution is 2.65. The van der Waals surface area contributed by atoms with Gasteiger partial charge in [-0.15, -0.1) is 0 Å². The first-order valence-electron chi connectivity index (χ1n) is 15.7. The highest BCUT2D eigenvalue weighted by Gasteiger charge is 2.68. The molecule has 0 aromatic heterocycles. The molecule has 4 fully saturated rings. The SMILES string of the molecule is COc1ccccc1/C=C/C(=O)N[C@@H](CCCN=C(N)N[N+](=O)[O-])C(=O)N[C@@H](CC(C)C)B1O[C@@H]2C[C@H]3C[C@H](C3(C)C)[C@]2(C)O1. The monoisotopic (exact) mass is 626 g/mol. The fourth-order valence-corrected chi connectivity index (χ4v) is 7.18. The van der Waals surface area contributed by atoms with Crippen LogP contribution in [-0.4, -0.2) is 67.3 Å². The van der Waals surface area contributed by atoms with Crippen molar-refractivity contribution >= 4 is 31.0 Å². The first-order chi connectivity index (χ1) is 21.2. The number of nitrogens with zero attached hydrogens (tertiary/aromatic N) is 2. The second-order valence-electron chi connectivity index (χ2n) is 13.5. The minimum absolute atomic E-state index is 0.0300. The Morgan fingerprint density at radius 1 is 1.24 bits per heavy atom. The fraction of sp³-hybridized carbons (Fsp3) is 0.645. The van der Waals surface area contributed by atoms with E-state index >= 15 is 0 Å². The van der Waals surface area contributed by atoms with E-state index in [-0.39, 0.29) is 42.3 Å². The topological polar surface area (TPSA) is 179 Å². The van der Waals surface area contributed by atoms with Crippen LogP contribution in [0.5, 0.6) is 5.75 Å². The van der Waals surface area contributed by atoms with Crippen LogP contribution in [0.4, 0.5) is 0 Å². The lowest BCUT2D eigenvalue weighted by Gasteiger charge is -2.64. The number of para-hydroxylation sites is 1. The van der Waals surface area contributed by atoms with E-state index in [0.717, 1.165) is 12.8 Å². The number of ether oxygens (including phenoxy) is 1. The number of aliphatic imine (C=N–C) groups is 1. The minimum Gasteiger partial charge on any atom is -0.496 e. The van der Waals surface area contributed by atoms with Crippen molar-refractivity contribution in [3.8, 4) is 5.75 Å². The Morgan fingerprint density at radius 2 is 1.98 bits per heavy atom. The highest BCUT2D eigenvalue weighted by molar-refractivity contribution is 6.48. The summed E-state index contributed by atoms with van der Waals surface area (Å²) in [6.45, 7) is 11.0. The molecule has 246 valence electrons. The molecule has 1 saturated heterocycles. The van der Waals surface area contributed by atoms with Crippen LogP contribution < -0.4 is 26.5 Å². The average Bonchev–Trinajstić information content (AvgIpc) is 3.34. The third-order valence-corrected chi connectivity index (χ3v) is 9.68. The zero-order chi connectivity index (χ0) is 32.9. The molecule has 13 nitrogen and oxygen atoms in total. The zero-order valence-corrected chi connectivity index (χ0v) is 27.1. The zero-order valence-electron chi connectivity index (χ0n) is 27.1. The molecule has 0 spiro atoms. The largest absolute Gasteiger partial charge is 0.496 e. The summed E-state index contributed by atoms with van der Waals surface area (Å²) in [6.07, 6.45) is 6.17. The number of hydrazine groups is 1. The molecular formula is C31H47BN6O7. The second kappa shape index (κ2) is 14.2. The van der Waals surface area contributed by atoms with E-state index in [4.69, 9.17) is 19.8 Å². The molecule has 45 heavy (non-hydrogen) atoms. The summed E-state index contributed by atoms with van der Waals surface area (Å²) in [7, 11) is 0.939. The molecule has 6 atom stereocenters. The maximum atomic E-state index is 13.8. The number of nitrogens with one attached hydrogen (secondary N) is 3. The molecular weight excluding hydrogens is 579 g/mol. The van der Waals surface area contributed by atoms with Crippen molar-refractivity contribution in [1.82, 2.24) is 16.1 Å². The van der Waals surface area contributed by atoms with E-state index in [1.54, 1.807) is 24.7 Å². The summed E-state index contributed by atoms with van der Waals surface area (Å²) >= 11 is 0. The summed E-state index contributed by atoms with van der Waals surface area (Å²) in [5.74, 6) is 0.223. The maximum absolute atomic E-state index is 13.8. The maximum Gasteiger partial charge on any atom is 0.481 e. The molecule has 0 unspecified atom stereocenters. The predicted octanol–water partition coefficient (Wildman–Crippen LogP) is 2.87. The van der Waals surface area contributed by atoms with Gasteiger partial charge in [-0.25, -0.2) is 15.1 Å². The quantitative estimate of drug-likeness (QED) is 0.0460. The van der Waals surface area contributed by atoms with E-state index < -0.39 is 35.6 Å². The molecule has 1 aromatic rings. The lowest BCUT2D eigenvalue weighted by atomic mass is 9.43. The molecule has 3 aliphatic carbocycles. The number of carbonyl (C=O) groups excluding carboxylic acids is 2. The molecule has 14 heteroatoms. The summed E-state index contributed by atoms with van der Waals surface area (Å²) in [6, 6.07) is 6.35. The van der Waals surface area contributed by atoms with Crippen molar-refractivity contribution in [2.75, 3.05) is 13.7 Å². The predicted molar refractivity (Wildman–Crippen MR) is 171 cm³/mol. The van der Waals surface area contributed by atoms with Crippen molar-refractivity contribution < 1.29 is 28.7 Å². The van der Waals surface area contributed by atoms with Crippen LogP contribution >= 0.6 is 0 Å². The molecule has 1 heterocycles. The average molecular weight is 627 g/mol. The number of nitro groups is 1. The van der Waals surface area contributed by atoms with Crippen molar-refractivity contribution in [3.63, 3.8) is 0 Å². The number of amides is 2. The lowest BCUT2D eigenvalue weighted by Crippen LogP contribution is -2.65.